The Labute approximate surface area is 181 Å². The van der Waals surface area contributed by atoms with E-state index in [4.69, 9.17) is 11.6 Å². The average molecular weight is 429 g/mol. The van der Waals surface area contributed by atoms with E-state index < -0.39 is 0 Å². The van der Waals surface area contributed by atoms with Gasteiger partial charge in [0, 0.05) is 43.2 Å². The van der Waals surface area contributed by atoms with E-state index in [2.05, 4.69) is 21.8 Å². The van der Waals surface area contributed by atoms with Crippen LogP contribution in [-0.4, -0.2) is 65.7 Å². The lowest BCUT2D eigenvalue weighted by Crippen LogP contribution is -2.49. The highest BCUT2D eigenvalue weighted by Crippen LogP contribution is 2.34. The molecule has 0 radical (unpaired) electrons. The van der Waals surface area contributed by atoms with E-state index in [-0.39, 0.29) is 17.8 Å². The Balaban J connectivity index is 1.56. The molecule has 0 unspecified atom stereocenters. The number of carbonyl (C=O) groups is 1. The molecule has 1 atom stereocenters. The van der Waals surface area contributed by atoms with Crippen molar-refractivity contribution in [1.82, 2.24) is 14.8 Å². The number of carbonyl (C=O) groups excluding carboxylic acids is 1. The van der Waals surface area contributed by atoms with Crippen molar-refractivity contribution in [2.75, 3.05) is 39.3 Å². The molecule has 0 spiro atoms. The molecule has 2 aromatic carbocycles. The first-order valence-corrected chi connectivity index (χ1v) is 10.8. The minimum absolute atomic E-state index is 0.0637. The number of likely N-dealkylation sites (N-methyl/N-ethyl adjacent to an activating group) is 1. The van der Waals surface area contributed by atoms with Crippen molar-refractivity contribution in [2.24, 2.45) is 5.10 Å². The number of hydrazone groups is 1. The van der Waals surface area contributed by atoms with Gasteiger partial charge in [0.2, 0.25) is 0 Å². The SMILES string of the molecule is CCN1CCN(CC(=O)N2N=C(c3ccccc3F)C[C@@H]2c2ccc(Cl)cc2)CC1. The molecule has 0 N–H and O–H groups in total. The topological polar surface area (TPSA) is 39.1 Å². The van der Waals surface area contributed by atoms with Gasteiger partial charge in [-0.05, 0) is 30.3 Å². The molecular formula is C23H26ClFN4O. The summed E-state index contributed by atoms with van der Waals surface area (Å²) in [5, 5.41) is 6.76. The summed E-state index contributed by atoms with van der Waals surface area (Å²) in [5.41, 5.74) is 1.99. The van der Waals surface area contributed by atoms with Gasteiger partial charge in [0.05, 0.1) is 18.3 Å². The molecule has 2 aliphatic rings. The highest BCUT2D eigenvalue weighted by Gasteiger charge is 2.34. The molecule has 0 bridgehead atoms. The lowest BCUT2D eigenvalue weighted by molar-refractivity contribution is -0.134. The summed E-state index contributed by atoms with van der Waals surface area (Å²) in [6.45, 7) is 7.16. The largest absolute Gasteiger partial charge is 0.301 e. The Bertz CT molecular complexity index is 925. The summed E-state index contributed by atoms with van der Waals surface area (Å²) in [6, 6.07) is 13.8. The first-order valence-electron chi connectivity index (χ1n) is 10.4. The standard InChI is InChI=1S/C23H26ClFN4O/c1-2-27-11-13-28(14-12-27)16-23(30)29-22(17-7-9-18(24)10-8-17)15-21(26-29)19-5-3-4-6-20(19)25/h3-10,22H,2,11-16H2,1H3/t22-/m1/s1. The van der Waals surface area contributed by atoms with Crippen molar-refractivity contribution in [1.29, 1.82) is 0 Å². The maximum atomic E-state index is 14.4. The van der Waals surface area contributed by atoms with Gasteiger partial charge in [-0.2, -0.15) is 5.10 Å². The summed E-state index contributed by atoms with van der Waals surface area (Å²) in [4.78, 5) is 17.8. The minimum atomic E-state index is -0.323. The van der Waals surface area contributed by atoms with Crippen LogP contribution >= 0.6 is 11.6 Å². The first-order chi connectivity index (χ1) is 14.5. The quantitative estimate of drug-likeness (QED) is 0.727. The molecule has 1 fully saturated rings. The van der Waals surface area contributed by atoms with E-state index in [1.807, 2.05) is 24.3 Å². The van der Waals surface area contributed by atoms with Gasteiger partial charge in [0.1, 0.15) is 5.82 Å². The van der Waals surface area contributed by atoms with E-state index in [9.17, 15) is 9.18 Å². The maximum Gasteiger partial charge on any atom is 0.257 e. The number of hydrogen-bond donors (Lipinski definition) is 0. The van der Waals surface area contributed by atoms with Crippen molar-refractivity contribution in [3.05, 3.63) is 70.5 Å². The van der Waals surface area contributed by atoms with Crippen LogP contribution in [0.4, 0.5) is 4.39 Å². The molecule has 7 heteroatoms. The molecule has 0 saturated carbocycles. The molecular weight excluding hydrogens is 403 g/mol. The fourth-order valence-electron chi connectivity index (χ4n) is 4.07. The van der Waals surface area contributed by atoms with Crippen LogP contribution in [-0.2, 0) is 4.79 Å². The number of nitrogens with zero attached hydrogens (tertiary/aromatic N) is 4. The number of piperazine rings is 1. The predicted octanol–water partition coefficient (Wildman–Crippen LogP) is 3.79. The highest BCUT2D eigenvalue weighted by atomic mass is 35.5. The number of halogens is 2. The van der Waals surface area contributed by atoms with E-state index in [1.165, 1.54) is 11.1 Å². The Morgan fingerprint density at radius 1 is 1.07 bits per heavy atom. The van der Waals surface area contributed by atoms with Crippen molar-refractivity contribution in [3.63, 3.8) is 0 Å². The summed E-state index contributed by atoms with van der Waals surface area (Å²) in [7, 11) is 0. The van der Waals surface area contributed by atoms with Gasteiger partial charge in [0.25, 0.3) is 5.91 Å². The number of rotatable bonds is 5. The van der Waals surface area contributed by atoms with Crippen LogP contribution in [0.15, 0.2) is 53.6 Å². The fourth-order valence-corrected chi connectivity index (χ4v) is 4.20. The smallest absolute Gasteiger partial charge is 0.257 e. The van der Waals surface area contributed by atoms with E-state index in [1.54, 1.807) is 18.2 Å². The summed E-state index contributed by atoms with van der Waals surface area (Å²) < 4.78 is 14.4. The fraction of sp³-hybridized carbons (Fsp3) is 0.391. The summed E-state index contributed by atoms with van der Waals surface area (Å²) in [6.07, 6.45) is 0.470. The zero-order valence-electron chi connectivity index (χ0n) is 17.1. The predicted molar refractivity (Wildman–Crippen MR) is 117 cm³/mol. The Hall–Kier alpha value is -2.28. The number of benzene rings is 2. The second-order valence-electron chi connectivity index (χ2n) is 7.75. The zero-order valence-corrected chi connectivity index (χ0v) is 17.9. The number of hydrogen-bond acceptors (Lipinski definition) is 4. The minimum Gasteiger partial charge on any atom is -0.301 e. The second kappa shape index (κ2) is 9.25. The van der Waals surface area contributed by atoms with Gasteiger partial charge >= 0.3 is 0 Å². The van der Waals surface area contributed by atoms with Crippen LogP contribution in [0.3, 0.4) is 0 Å². The molecule has 5 nitrogen and oxygen atoms in total. The van der Waals surface area contributed by atoms with E-state index >= 15 is 0 Å². The first kappa shape index (κ1) is 21.0. The maximum absolute atomic E-state index is 14.4. The lowest BCUT2D eigenvalue weighted by atomic mass is 9.98. The van der Waals surface area contributed by atoms with Gasteiger partial charge in [0.15, 0.2) is 0 Å². The lowest BCUT2D eigenvalue weighted by Gasteiger charge is -2.34. The van der Waals surface area contributed by atoms with E-state index in [0.717, 1.165) is 38.3 Å². The Morgan fingerprint density at radius 3 is 2.40 bits per heavy atom. The normalized spacial score (nSPS) is 20.4. The van der Waals surface area contributed by atoms with Crippen molar-refractivity contribution < 1.29 is 9.18 Å². The summed E-state index contributed by atoms with van der Waals surface area (Å²) >= 11 is 6.05. The third kappa shape index (κ3) is 4.56. The molecule has 2 heterocycles. The van der Waals surface area contributed by atoms with Crippen molar-refractivity contribution in [3.8, 4) is 0 Å². The second-order valence-corrected chi connectivity index (χ2v) is 8.18. The highest BCUT2D eigenvalue weighted by molar-refractivity contribution is 6.30. The molecule has 4 rings (SSSR count). The van der Waals surface area contributed by atoms with E-state index in [0.29, 0.717) is 29.3 Å². The monoisotopic (exact) mass is 428 g/mol. The van der Waals surface area contributed by atoms with Gasteiger partial charge in [-0.3, -0.25) is 9.69 Å². The third-order valence-electron chi connectivity index (χ3n) is 5.88. The molecule has 0 aliphatic carbocycles. The van der Waals surface area contributed by atoms with Gasteiger partial charge in [-0.25, -0.2) is 9.40 Å². The van der Waals surface area contributed by atoms with Crippen LogP contribution in [0.1, 0.15) is 30.5 Å². The van der Waals surface area contributed by atoms with Gasteiger partial charge < -0.3 is 4.90 Å². The Morgan fingerprint density at radius 2 is 1.73 bits per heavy atom. The number of amides is 1. The molecule has 2 aliphatic heterocycles. The van der Waals surface area contributed by atoms with Crippen LogP contribution in [0, 0.1) is 5.82 Å². The van der Waals surface area contributed by atoms with Crippen LogP contribution < -0.4 is 0 Å². The molecule has 1 saturated heterocycles. The average Bonchev–Trinajstić information content (AvgIpc) is 3.20. The molecule has 0 aromatic heterocycles. The third-order valence-corrected chi connectivity index (χ3v) is 6.13. The van der Waals surface area contributed by atoms with Crippen LogP contribution in [0.2, 0.25) is 5.02 Å². The van der Waals surface area contributed by atoms with Crippen LogP contribution in [0.25, 0.3) is 0 Å². The van der Waals surface area contributed by atoms with Gasteiger partial charge in [-0.1, -0.05) is 48.9 Å². The zero-order chi connectivity index (χ0) is 21.1. The summed E-state index contributed by atoms with van der Waals surface area (Å²) in [5.74, 6) is -0.387. The molecule has 2 aromatic rings. The van der Waals surface area contributed by atoms with Crippen molar-refractivity contribution >= 4 is 23.2 Å². The van der Waals surface area contributed by atoms with Crippen molar-refractivity contribution in [2.45, 2.75) is 19.4 Å². The van der Waals surface area contributed by atoms with Crippen LogP contribution in [0.5, 0.6) is 0 Å². The van der Waals surface area contributed by atoms with Gasteiger partial charge in [-0.15, -0.1) is 0 Å². The molecule has 1 amide bonds. The molecule has 158 valence electrons. The Kier molecular flexibility index (Phi) is 6.46. The molecule has 30 heavy (non-hydrogen) atoms.